The monoisotopic (exact) mass is 395 g/mol. The number of aryl methyl sites for hydroxylation is 1. The van der Waals surface area contributed by atoms with Crippen molar-refractivity contribution in [1.29, 1.82) is 0 Å². The molecule has 2 aromatic rings. The minimum absolute atomic E-state index is 0.108. The Hall–Kier alpha value is -3.35. The third kappa shape index (κ3) is 4.93. The number of amides is 3. The van der Waals surface area contributed by atoms with Crippen LogP contribution >= 0.6 is 0 Å². The van der Waals surface area contributed by atoms with Crippen LogP contribution in [-0.2, 0) is 14.4 Å². The first kappa shape index (κ1) is 20.4. The number of benzene rings is 2. The van der Waals surface area contributed by atoms with Gasteiger partial charge in [0.2, 0.25) is 11.8 Å². The smallest absolute Gasteiger partial charge is 0.260 e. The number of ether oxygens (including phenoxy) is 1. The SMILES string of the molecule is Cc1cccc(OCC(=O)N(C)CC(=O)N2c3ccccc3NC(=O)C[C@@H]2C)c1. The van der Waals surface area contributed by atoms with Crippen molar-refractivity contribution in [3.05, 3.63) is 54.1 Å². The van der Waals surface area contributed by atoms with Crippen LogP contribution in [0.3, 0.4) is 0 Å². The quantitative estimate of drug-likeness (QED) is 0.844. The molecule has 1 N–H and O–H groups in total. The second-order valence-corrected chi connectivity index (χ2v) is 7.24. The summed E-state index contributed by atoms with van der Waals surface area (Å²) in [5.41, 5.74) is 2.26. The van der Waals surface area contributed by atoms with E-state index in [1.165, 1.54) is 4.90 Å². The molecule has 2 aromatic carbocycles. The summed E-state index contributed by atoms with van der Waals surface area (Å²) in [6, 6.07) is 14.3. The molecule has 0 saturated carbocycles. The Kier molecular flexibility index (Phi) is 6.16. The lowest BCUT2D eigenvalue weighted by atomic mass is 10.1. The summed E-state index contributed by atoms with van der Waals surface area (Å²) >= 11 is 0. The fourth-order valence-corrected chi connectivity index (χ4v) is 3.30. The standard InChI is InChI=1S/C22H25N3O4/c1-15-7-6-8-17(11-15)29-14-22(28)24(3)13-21(27)25-16(2)12-20(26)23-18-9-4-5-10-19(18)25/h4-11,16H,12-14H2,1-3H3,(H,23,26)/t16-/m0/s1. The minimum atomic E-state index is -0.321. The zero-order chi connectivity index (χ0) is 21.0. The van der Waals surface area contributed by atoms with Gasteiger partial charge in [-0.05, 0) is 43.7 Å². The predicted octanol–water partition coefficient (Wildman–Crippen LogP) is 2.60. The first-order valence-electron chi connectivity index (χ1n) is 9.49. The van der Waals surface area contributed by atoms with Crippen LogP contribution in [-0.4, -0.2) is 48.9 Å². The highest BCUT2D eigenvalue weighted by molar-refractivity contribution is 6.05. The van der Waals surface area contributed by atoms with Crippen LogP contribution in [0.2, 0.25) is 0 Å². The van der Waals surface area contributed by atoms with Gasteiger partial charge in [0.15, 0.2) is 6.61 Å². The predicted molar refractivity (Wildman–Crippen MR) is 111 cm³/mol. The summed E-state index contributed by atoms with van der Waals surface area (Å²) in [6.07, 6.45) is 0.189. The van der Waals surface area contributed by atoms with E-state index in [9.17, 15) is 14.4 Å². The van der Waals surface area contributed by atoms with E-state index >= 15 is 0 Å². The number of carbonyl (C=O) groups is 3. The Morgan fingerprint density at radius 2 is 1.97 bits per heavy atom. The first-order valence-corrected chi connectivity index (χ1v) is 9.49. The molecule has 29 heavy (non-hydrogen) atoms. The molecule has 1 aliphatic rings. The molecule has 0 unspecified atom stereocenters. The van der Waals surface area contributed by atoms with E-state index in [0.717, 1.165) is 5.56 Å². The molecule has 0 saturated heterocycles. The minimum Gasteiger partial charge on any atom is -0.484 e. The maximum atomic E-state index is 13.0. The van der Waals surface area contributed by atoms with Crippen LogP contribution < -0.4 is 15.0 Å². The molecule has 0 aromatic heterocycles. The molecular formula is C22H25N3O4. The van der Waals surface area contributed by atoms with Crippen LogP contribution in [0.5, 0.6) is 5.75 Å². The van der Waals surface area contributed by atoms with Gasteiger partial charge in [-0.15, -0.1) is 0 Å². The topological polar surface area (TPSA) is 79.0 Å². The molecule has 152 valence electrons. The van der Waals surface area contributed by atoms with Gasteiger partial charge in [0.1, 0.15) is 5.75 Å². The highest BCUT2D eigenvalue weighted by atomic mass is 16.5. The summed E-state index contributed by atoms with van der Waals surface area (Å²) in [6.45, 7) is 3.50. The molecule has 0 bridgehead atoms. The van der Waals surface area contributed by atoms with Gasteiger partial charge in [0, 0.05) is 19.5 Å². The summed E-state index contributed by atoms with van der Waals surface area (Å²) in [5.74, 6) is -0.0911. The summed E-state index contributed by atoms with van der Waals surface area (Å²) in [5, 5.41) is 2.82. The molecule has 7 nitrogen and oxygen atoms in total. The maximum Gasteiger partial charge on any atom is 0.260 e. The molecule has 1 atom stereocenters. The number of hydrogen-bond donors (Lipinski definition) is 1. The molecule has 3 amide bonds. The number of likely N-dealkylation sites (N-methyl/N-ethyl adjacent to an activating group) is 1. The Bertz CT molecular complexity index is 928. The number of hydrogen-bond acceptors (Lipinski definition) is 4. The second-order valence-electron chi connectivity index (χ2n) is 7.24. The van der Waals surface area contributed by atoms with Gasteiger partial charge in [0.05, 0.1) is 17.9 Å². The molecule has 3 rings (SSSR count). The average molecular weight is 395 g/mol. The Balaban J connectivity index is 1.66. The van der Waals surface area contributed by atoms with Crippen LogP contribution in [0.1, 0.15) is 18.9 Å². The summed E-state index contributed by atoms with van der Waals surface area (Å²) < 4.78 is 5.54. The van der Waals surface area contributed by atoms with Crippen molar-refractivity contribution in [1.82, 2.24) is 4.90 Å². The van der Waals surface area contributed by atoms with Crippen LogP contribution in [0.15, 0.2) is 48.5 Å². The Labute approximate surface area is 170 Å². The van der Waals surface area contributed by atoms with Gasteiger partial charge >= 0.3 is 0 Å². The van der Waals surface area contributed by atoms with Gasteiger partial charge < -0.3 is 19.9 Å². The fourth-order valence-electron chi connectivity index (χ4n) is 3.30. The van der Waals surface area contributed by atoms with Crippen molar-refractivity contribution in [3.8, 4) is 5.75 Å². The Morgan fingerprint density at radius 3 is 2.72 bits per heavy atom. The summed E-state index contributed by atoms with van der Waals surface area (Å²) in [4.78, 5) is 40.4. The highest BCUT2D eigenvalue weighted by Crippen LogP contribution is 2.31. The van der Waals surface area contributed by atoms with Crippen molar-refractivity contribution >= 4 is 29.1 Å². The molecule has 0 spiro atoms. The van der Waals surface area contributed by atoms with Crippen LogP contribution in [0.4, 0.5) is 11.4 Å². The van der Waals surface area contributed by atoms with Crippen molar-refractivity contribution < 1.29 is 19.1 Å². The van der Waals surface area contributed by atoms with Gasteiger partial charge in [-0.2, -0.15) is 0 Å². The van der Waals surface area contributed by atoms with Crippen molar-refractivity contribution in [2.75, 3.05) is 30.4 Å². The van der Waals surface area contributed by atoms with Gasteiger partial charge in [0.25, 0.3) is 5.91 Å². The lowest BCUT2D eigenvalue weighted by Gasteiger charge is -2.29. The lowest BCUT2D eigenvalue weighted by molar-refractivity contribution is -0.135. The summed E-state index contributed by atoms with van der Waals surface area (Å²) in [7, 11) is 1.57. The number of nitrogens with one attached hydrogen (secondary N) is 1. The molecule has 7 heteroatoms. The van der Waals surface area contributed by atoms with Crippen LogP contribution in [0.25, 0.3) is 0 Å². The van der Waals surface area contributed by atoms with E-state index in [4.69, 9.17) is 4.74 Å². The van der Waals surface area contributed by atoms with Gasteiger partial charge in [-0.3, -0.25) is 14.4 Å². The Morgan fingerprint density at radius 1 is 1.21 bits per heavy atom. The van der Waals surface area contributed by atoms with E-state index in [2.05, 4.69) is 5.32 Å². The largest absolute Gasteiger partial charge is 0.484 e. The number of rotatable bonds is 5. The number of fused-ring (bicyclic) bond motifs is 1. The van der Waals surface area contributed by atoms with E-state index in [1.54, 1.807) is 36.2 Å². The third-order valence-corrected chi connectivity index (χ3v) is 4.78. The second kappa shape index (κ2) is 8.77. The third-order valence-electron chi connectivity index (χ3n) is 4.78. The number of carbonyl (C=O) groups excluding carboxylic acids is 3. The van der Waals surface area contributed by atoms with Crippen molar-refractivity contribution in [2.24, 2.45) is 0 Å². The van der Waals surface area contributed by atoms with E-state index in [1.807, 2.05) is 38.1 Å². The highest BCUT2D eigenvalue weighted by Gasteiger charge is 2.30. The van der Waals surface area contributed by atoms with Gasteiger partial charge in [-0.25, -0.2) is 0 Å². The fraction of sp³-hybridized carbons (Fsp3) is 0.318. The van der Waals surface area contributed by atoms with E-state index < -0.39 is 0 Å². The lowest BCUT2D eigenvalue weighted by Crippen LogP contribution is -2.46. The molecular weight excluding hydrogens is 370 g/mol. The number of nitrogens with zero attached hydrogens (tertiary/aromatic N) is 2. The van der Waals surface area contributed by atoms with Crippen molar-refractivity contribution in [3.63, 3.8) is 0 Å². The first-order chi connectivity index (χ1) is 13.8. The molecule has 1 aliphatic heterocycles. The zero-order valence-electron chi connectivity index (χ0n) is 16.8. The van der Waals surface area contributed by atoms with E-state index in [-0.39, 0.29) is 43.3 Å². The zero-order valence-corrected chi connectivity index (χ0v) is 16.8. The average Bonchev–Trinajstić information content (AvgIpc) is 2.80. The van der Waals surface area contributed by atoms with Crippen molar-refractivity contribution in [2.45, 2.75) is 26.3 Å². The normalized spacial score (nSPS) is 15.8. The van der Waals surface area contributed by atoms with Crippen LogP contribution in [0, 0.1) is 6.92 Å². The van der Waals surface area contributed by atoms with E-state index in [0.29, 0.717) is 17.1 Å². The molecule has 0 radical (unpaired) electrons. The van der Waals surface area contributed by atoms with Gasteiger partial charge in [-0.1, -0.05) is 24.3 Å². The molecule has 0 fully saturated rings. The number of anilines is 2. The molecule has 1 heterocycles. The maximum absolute atomic E-state index is 13.0. The number of para-hydroxylation sites is 2. The molecule has 0 aliphatic carbocycles.